The number of likely N-dealkylation sites (tertiary alicyclic amines) is 1. The Balaban J connectivity index is 1.65. The lowest BCUT2D eigenvalue weighted by Crippen LogP contribution is -2.50. The maximum absolute atomic E-state index is 12.6. The summed E-state index contributed by atoms with van der Waals surface area (Å²) >= 11 is 1.40. The van der Waals surface area contributed by atoms with Crippen molar-refractivity contribution in [2.24, 2.45) is 0 Å². The third-order valence-corrected chi connectivity index (χ3v) is 4.62. The van der Waals surface area contributed by atoms with Crippen molar-refractivity contribution in [1.29, 1.82) is 0 Å². The number of halogens is 3. The Bertz CT molecular complexity index is 739. The van der Waals surface area contributed by atoms with Crippen LogP contribution in [-0.4, -0.2) is 44.9 Å². The van der Waals surface area contributed by atoms with Gasteiger partial charge >= 0.3 is 12.1 Å². The zero-order valence-electron chi connectivity index (χ0n) is 11.8. The predicted octanol–water partition coefficient (Wildman–Crippen LogP) is 1.57. The molecule has 1 fully saturated rings. The summed E-state index contributed by atoms with van der Waals surface area (Å²) in [4.78, 5) is 29.0. The number of hydrogen-bond acceptors (Lipinski definition) is 4. The van der Waals surface area contributed by atoms with E-state index in [1.54, 1.807) is 16.8 Å². The van der Waals surface area contributed by atoms with E-state index in [0.717, 1.165) is 10.7 Å². The molecule has 124 valence electrons. The minimum absolute atomic E-state index is 0.0549. The fourth-order valence-corrected chi connectivity index (χ4v) is 3.49. The van der Waals surface area contributed by atoms with E-state index in [-0.39, 0.29) is 19.5 Å². The fourth-order valence-electron chi connectivity index (χ4n) is 2.64. The van der Waals surface area contributed by atoms with Crippen molar-refractivity contribution >= 4 is 28.1 Å². The highest BCUT2D eigenvalue weighted by Crippen LogP contribution is 2.25. The molecule has 0 bridgehead atoms. The summed E-state index contributed by atoms with van der Waals surface area (Å²) in [6.07, 6.45) is -0.985. The van der Waals surface area contributed by atoms with Gasteiger partial charge in [-0.1, -0.05) is 0 Å². The molecule has 0 aromatic carbocycles. The Morgan fingerprint density at radius 2 is 2.22 bits per heavy atom. The van der Waals surface area contributed by atoms with Crippen LogP contribution in [0.25, 0.3) is 4.96 Å². The first-order valence-corrected chi connectivity index (χ1v) is 7.81. The number of carbonyl (C=O) groups excluding carboxylic acids is 2. The molecule has 1 aliphatic heterocycles. The van der Waals surface area contributed by atoms with Crippen LogP contribution in [0.3, 0.4) is 0 Å². The zero-order chi connectivity index (χ0) is 16.6. The largest absolute Gasteiger partial charge is 0.471 e. The summed E-state index contributed by atoms with van der Waals surface area (Å²) in [7, 11) is 0. The second-order valence-electron chi connectivity index (χ2n) is 5.18. The van der Waals surface area contributed by atoms with Gasteiger partial charge in [0.2, 0.25) is 5.91 Å². The van der Waals surface area contributed by atoms with Gasteiger partial charge in [0.1, 0.15) is 6.04 Å². The highest BCUT2D eigenvalue weighted by molar-refractivity contribution is 7.15. The van der Waals surface area contributed by atoms with Gasteiger partial charge in [0, 0.05) is 24.3 Å². The first-order valence-electron chi connectivity index (χ1n) is 6.93. The first kappa shape index (κ1) is 15.8. The molecule has 1 saturated heterocycles. The Kier molecular flexibility index (Phi) is 4.00. The van der Waals surface area contributed by atoms with E-state index in [4.69, 9.17) is 0 Å². The van der Waals surface area contributed by atoms with Crippen LogP contribution in [0.4, 0.5) is 13.2 Å². The van der Waals surface area contributed by atoms with E-state index in [1.807, 2.05) is 5.38 Å². The van der Waals surface area contributed by atoms with Crippen LogP contribution in [0.15, 0.2) is 17.8 Å². The van der Waals surface area contributed by atoms with E-state index in [2.05, 4.69) is 10.3 Å². The number of fused-ring (bicyclic) bond motifs is 1. The van der Waals surface area contributed by atoms with Gasteiger partial charge in [0.25, 0.3) is 0 Å². The van der Waals surface area contributed by atoms with E-state index in [0.29, 0.717) is 11.3 Å². The van der Waals surface area contributed by atoms with E-state index in [9.17, 15) is 22.8 Å². The Morgan fingerprint density at radius 3 is 2.96 bits per heavy atom. The summed E-state index contributed by atoms with van der Waals surface area (Å²) in [5.41, 5.74) is 0.780. The van der Waals surface area contributed by atoms with Crippen LogP contribution in [-0.2, 0) is 16.1 Å². The average Bonchev–Trinajstić information content (AvgIpc) is 3.19. The number of nitrogens with zero attached hydrogens (tertiary/aromatic N) is 3. The molecule has 0 aliphatic carbocycles. The summed E-state index contributed by atoms with van der Waals surface area (Å²) in [6.45, 7) is 0.111. The van der Waals surface area contributed by atoms with Crippen molar-refractivity contribution < 1.29 is 22.8 Å². The van der Waals surface area contributed by atoms with Crippen molar-refractivity contribution in [3.05, 3.63) is 23.5 Å². The van der Waals surface area contributed by atoms with Crippen LogP contribution in [0.2, 0.25) is 0 Å². The molecule has 23 heavy (non-hydrogen) atoms. The number of imidazole rings is 1. The van der Waals surface area contributed by atoms with Gasteiger partial charge in [0.15, 0.2) is 4.96 Å². The second kappa shape index (κ2) is 5.84. The highest BCUT2D eigenvalue weighted by atomic mass is 32.1. The van der Waals surface area contributed by atoms with Gasteiger partial charge in [-0.25, -0.2) is 4.98 Å². The molecule has 0 saturated carbocycles. The Morgan fingerprint density at radius 1 is 1.43 bits per heavy atom. The molecule has 1 atom stereocenters. The number of aromatic nitrogens is 2. The normalized spacial score (nSPS) is 18.6. The summed E-state index contributed by atoms with van der Waals surface area (Å²) in [6, 6.07) is -1.07. The van der Waals surface area contributed by atoms with E-state index < -0.39 is 24.0 Å². The molecule has 2 aromatic rings. The molecular formula is C13H13F3N4O2S. The number of nitrogens with one attached hydrogen (secondary N) is 1. The molecule has 2 aromatic heterocycles. The van der Waals surface area contributed by atoms with E-state index >= 15 is 0 Å². The predicted molar refractivity (Wildman–Crippen MR) is 75.7 cm³/mol. The molecule has 3 rings (SSSR count). The van der Waals surface area contributed by atoms with Gasteiger partial charge in [-0.3, -0.25) is 14.0 Å². The standard InChI is InChI=1S/C13H13F3N4O2S/c14-13(15,16)11(22)20-4-1-2-9(20)10(21)18-6-8-7-23-12-17-3-5-19(8)12/h3,5,7,9H,1-2,4,6H2,(H,18,21). The molecule has 1 aliphatic rings. The minimum atomic E-state index is -4.96. The smallest absolute Gasteiger partial charge is 0.349 e. The Hall–Kier alpha value is -2.10. The molecule has 10 heteroatoms. The highest BCUT2D eigenvalue weighted by Gasteiger charge is 2.47. The quantitative estimate of drug-likeness (QED) is 0.917. The number of rotatable bonds is 3. The lowest BCUT2D eigenvalue weighted by molar-refractivity contribution is -0.186. The maximum atomic E-state index is 12.6. The van der Waals surface area contributed by atoms with Crippen molar-refractivity contribution in [3.63, 3.8) is 0 Å². The van der Waals surface area contributed by atoms with Gasteiger partial charge in [-0.15, -0.1) is 11.3 Å². The number of amides is 2. The number of alkyl halides is 3. The fraction of sp³-hybridized carbons (Fsp3) is 0.462. The lowest BCUT2D eigenvalue weighted by atomic mass is 10.2. The van der Waals surface area contributed by atoms with Crippen molar-refractivity contribution in [2.75, 3.05) is 6.54 Å². The van der Waals surface area contributed by atoms with Crippen LogP contribution < -0.4 is 5.32 Å². The zero-order valence-corrected chi connectivity index (χ0v) is 12.7. The third-order valence-electron chi connectivity index (χ3n) is 3.72. The summed E-state index contributed by atoms with van der Waals surface area (Å²) in [5.74, 6) is -2.53. The molecule has 0 radical (unpaired) electrons. The van der Waals surface area contributed by atoms with Crippen molar-refractivity contribution in [3.8, 4) is 0 Å². The van der Waals surface area contributed by atoms with Gasteiger partial charge in [0.05, 0.1) is 12.2 Å². The van der Waals surface area contributed by atoms with Crippen LogP contribution in [0.1, 0.15) is 18.5 Å². The van der Waals surface area contributed by atoms with Crippen LogP contribution >= 0.6 is 11.3 Å². The van der Waals surface area contributed by atoms with Crippen molar-refractivity contribution in [2.45, 2.75) is 31.6 Å². The third kappa shape index (κ3) is 3.03. The summed E-state index contributed by atoms with van der Waals surface area (Å²) < 4.78 is 39.5. The van der Waals surface area contributed by atoms with Gasteiger partial charge in [-0.2, -0.15) is 13.2 Å². The van der Waals surface area contributed by atoms with Crippen molar-refractivity contribution in [1.82, 2.24) is 19.6 Å². The molecule has 1 N–H and O–H groups in total. The first-order chi connectivity index (χ1) is 10.9. The van der Waals surface area contributed by atoms with Crippen LogP contribution in [0, 0.1) is 0 Å². The molecule has 0 spiro atoms. The second-order valence-corrected chi connectivity index (χ2v) is 6.02. The van der Waals surface area contributed by atoms with Gasteiger partial charge < -0.3 is 10.2 Å². The molecule has 3 heterocycles. The lowest BCUT2D eigenvalue weighted by Gasteiger charge is -2.24. The molecule has 6 nitrogen and oxygen atoms in total. The topological polar surface area (TPSA) is 66.7 Å². The number of thiazole rings is 1. The number of carbonyl (C=O) groups is 2. The monoisotopic (exact) mass is 346 g/mol. The molecular weight excluding hydrogens is 333 g/mol. The maximum Gasteiger partial charge on any atom is 0.471 e. The molecule has 1 unspecified atom stereocenters. The average molecular weight is 346 g/mol. The minimum Gasteiger partial charge on any atom is -0.349 e. The molecule has 2 amide bonds. The summed E-state index contributed by atoms with van der Waals surface area (Å²) in [5, 5.41) is 4.42. The van der Waals surface area contributed by atoms with Gasteiger partial charge in [-0.05, 0) is 12.8 Å². The SMILES string of the molecule is O=C(NCc1csc2nccn12)C1CCCN1C(=O)C(F)(F)F. The van der Waals surface area contributed by atoms with E-state index in [1.165, 1.54) is 11.3 Å². The van der Waals surface area contributed by atoms with Crippen LogP contribution in [0.5, 0.6) is 0 Å². The number of hydrogen-bond donors (Lipinski definition) is 1. The Labute approximate surface area is 132 Å².